The van der Waals surface area contributed by atoms with E-state index in [9.17, 15) is 0 Å². The first kappa shape index (κ1) is 16.3. The molecule has 1 aromatic rings. The SMILES string of the molecule is C#C[C@H]1CN2CC[C@@H]1C[C@@H]2CNC(=S)Nc1cc(C)cc(C)c1. The Kier molecular flexibility index (Phi) is 4.89. The van der Waals surface area contributed by atoms with Crippen molar-refractivity contribution < 1.29 is 0 Å². The molecule has 0 radical (unpaired) electrons. The Morgan fingerprint density at radius 1 is 1.35 bits per heavy atom. The van der Waals surface area contributed by atoms with Gasteiger partial charge in [-0.1, -0.05) is 6.07 Å². The number of thiocarbonyl (C=S) groups is 1. The Morgan fingerprint density at radius 3 is 2.70 bits per heavy atom. The zero-order valence-electron chi connectivity index (χ0n) is 13.9. The number of terminal acetylenes is 1. The topological polar surface area (TPSA) is 27.3 Å². The molecule has 3 aliphatic rings. The average Bonchev–Trinajstić information content (AvgIpc) is 2.52. The number of fused-ring (bicyclic) bond motifs is 3. The fraction of sp³-hybridized carbons (Fsp3) is 0.526. The van der Waals surface area contributed by atoms with Gasteiger partial charge in [-0.2, -0.15) is 0 Å². The molecule has 0 amide bonds. The van der Waals surface area contributed by atoms with Crippen LogP contribution in [-0.4, -0.2) is 35.7 Å². The van der Waals surface area contributed by atoms with Crippen LogP contribution in [0.5, 0.6) is 0 Å². The Labute approximate surface area is 144 Å². The Bertz CT molecular complexity index is 614. The van der Waals surface area contributed by atoms with Crippen molar-refractivity contribution in [3.05, 3.63) is 29.3 Å². The number of benzene rings is 1. The van der Waals surface area contributed by atoms with E-state index in [0.717, 1.165) is 18.8 Å². The molecule has 0 spiro atoms. The highest BCUT2D eigenvalue weighted by Gasteiger charge is 2.39. The molecule has 1 aromatic carbocycles. The molecule has 4 rings (SSSR count). The van der Waals surface area contributed by atoms with Crippen LogP contribution in [0, 0.1) is 38.0 Å². The molecular weight excluding hydrogens is 302 g/mol. The van der Waals surface area contributed by atoms with Gasteiger partial charge in [0.2, 0.25) is 0 Å². The molecule has 23 heavy (non-hydrogen) atoms. The fourth-order valence-electron chi connectivity index (χ4n) is 3.97. The van der Waals surface area contributed by atoms with Crippen LogP contribution in [0.25, 0.3) is 0 Å². The van der Waals surface area contributed by atoms with Gasteiger partial charge in [-0.3, -0.25) is 4.90 Å². The summed E-state index contributed by atoms with van der Waals surface area (Å²) in [5, 5.41) is 7.38. The predicted molar refractivity (Wildman–Crippen MR) is 101 cm³/mol. The summed E-state index contributed by atoms with van der Waals surface area (Å²) in [7, 11) is 0. The summed E-state index contributed by atoms with van der Waals surface area (Å²) in [6, 6.07) is 6.95. The minimum Gasteiger partial charge on any atom is -0.361 e. The van der Waals surface area contributed by atoms with Gasteiger partial charge in [-0.25, -0.2) is 0 Å². The highest BCUT2D eigenvalue weighted by atomic mass is 32.1. The van der Waals surface area contributed by atoms with E-state index in [1.54, 1.807) is 0 Å². The number of nitrogens with zero attached hydrogens (tertiary/aromatic N) is 1. The van der Waals surface area contributed by atoms with Crippen LogP contribution in [0.2, 0.25) is 0 Å². The zero-order valence-corrected chi connectivity index (χ0v) is 14.7. The molecule has 3 nitrogen and oxygen atoms in total. The van der Waals surface area contributed by atoms with Gasteiger partial charge in [-0.15, -0.1) is 12.3 Å². The lowest BCUT2D eigenvalue weighted by atomic mass is 9.76. The number of anilines is 1. The van der Waals surface area contributed by atoms with E-state index in [-0.39, 0.29) is 0 Å². The van der Waals surface area contributed by atoms with Crippen molar-refractivity contribution in [1.82, 2.24) is 10.2 Å². The summed E-state index contributed by atoms with van der Waals surface area (Å²) in [4.78, 5) is 2.52. The molecule has 3 heterocycles. The summed E-state index contributed by atoms with van der Waals surface area (Å²) in [6.45, 7) is 7.31. The molecule has 1 unspecified atom stereocenters. The third-order valence-corrected chi connectivity index (χ3v) is 5.32. The van der Waals surface area contributed by atoms with E-state index >= 15 is 0 Å². The van der Waals surface area contributed by atoms with E-state index in [2.05, 4.69) is 53.5 Å². The standard InChI is InChI=1S/C19H25N3S/c1-4-15-12-22-6-5-16(15)10-18(22)11-20-19(23)21-17-8-13(2)7-14(3)9-17/h1,7-9,15-16,18H,5-6,10-12H2,2-3H3,(H2,20,21,23)/t15-,16+,18+/m0/s1. The summed E-state index contributed by atoms with van der Waals surface area (Å²) in [5.41, 5.74) is 3.54. The zero-order chi connectivity index (χ0) is 16.4. The van der Waals surface area contributed by atoms with Gasteiger partial charge < -0.3 is 10.6 Å². The molecule has 2 N–H and O–H groups in total. The van der Waals surface area contributed by atoms with Crippen molar-refractivity contribution in [2.24, 2.45) is 11.8 Å². The van der Waals surface area contributed by atoms with Crippen molar-refractivity contribution in [2.45, 2.75) is 32.7 Å². The summed E-state index contributed by atoms with van der Waals surface area (Å²) >= 11 is 5.45. The molecule has 4 heteroatoms. The van der Waals surface area contributed by atoms with E-state index in [1.807, 2.05) is 0 Å². The number of rotatable bonds is 3. The minimum atomic E-state index is 0.445. The van der Waals surface area contributed by atoms with Crippen molar-refractivity contribution in [1.29, 1.82) is 0 Å². The third kappa shape index (κ3) is 3.85. The first-order valence-electron chi connectivity index (χ1n) is 8.38. The van der Waals surface area contributed by atoms with Crippen LogP contribution in [0.1, 0.15) is 24.0 Å². The van der Waals surface area contributed by atoms with Crippen LogP contribution in [0.3, 0.4) is 0 Å². The van der Waals surface area contributed by atoms with Gasteiger partial charge in [0.1, 0.15) is 0 Å². The van der Waals surface area contributed by atoms with Gasteiger partial charge in [0.05, 0.1) is 0 Å². The van der Waals surface area contributed by atoms with Gasteiger partial charge in [0.25, 0.3) is 0 Å². The lowest BCUT2D eigenvalue weighted by Crippen LogP contribution is -2.56. The van der Waals surface area contributed by atoms with E-state index in [0.29, 0.717) is 23.0 Å². The second-order valence-electron chi connectivity index (χ2n) is 6.92. The number of hydrogen-bond acceptors (Lipinski definition) is 2. The van der Waals surface area contributed by atoms with Crippen molar-refractivity contribution >= 4 is 23.0 Å². The van der Waals surface area contributed by atoms with Gasteiger partial charge in [0, 0.05) is 30.7 Å². The summed E-state index contributed by atoms with van der Waals surface area (Å²) in [6.07, 6.45) is 8.08. The molecule has 3 aliphatic heterocycles. The molecule has 122 valence electrons. The second kappa shape index (κ2) is 6.90. The van der Waals surface area contributed by atoms with E-state index in [1.165, 1.54) is 30.5 Å². The Balaban J connectivity index is 1.51. The van der Waals surface area contributed by atoms with E-state index in [4.69, 9.17) is 18.6 Å². The quantitative estimate of drug-likeness (QED) is 0.659. The van der Waals surface area contributed by atoms with Gasteiger partial charge >= 0.3 is 0 Å². The molecule has 4 atom stereocenters. The van der Waals surface area contributed by atoms with Crippen molar-refractivity contribution in [3.63, 3.8) is 0 Å². The maximum Gasteiger partial charge on any atom is 0.170 e. The minimum absolute atomic E-state index is 0.445. The average molecular weight is 327 g/mol. The maximum absolute atomic E-state index is 5.64. The molecule has 0 aromatic heterocycles. The fourth-order valence-corrected chi connectivity index (χ4v) is 4.17. The highest BCUT2D eigenvalue weighted by Crippen LogP contribution is 2.35. The van der Waals surface area contributed by atoms with Crippen LogP contribution in [0.4, 0.5) is 5.69 Å². The highest BCUT2D eigenvalue weighted by molar-refractivity contribution is 7.80. The largest absolute Gasteiger partial charge is 0.361 e. The Hall–Kier alpha value is -1.57. The molecular formula is C19H25N3S. The van der Waals surface area contributed by atoms with Crippen LogP contribution < -0.4 is 10.6 Å². The summed E-state index contributed by atoms with van der Waals surface area (Å²) < 4.78 is 0. The van der Waals surface area contributed by atoms with Gasteiger partial charge in [-0.05, 0) is 74.6 Å². The second-order valence-corrected chi connectivity index (χ2v) is 7.33. The van der Waals surface area contributed by atoms with Crippen LogP contribution in [0.15, 0.2) is 18.2 Å². The number of piperidine rings is 3. The first-order valence-corrected chi connectivity index (χ1v) is 8.79. The lowest BCUT2D eigenvalue weighted by molar-refractivity contribution is 0.0248. The third-order valence-electron chi connectivity index (χ3n) is 5.07. The van der Waals surface area contributed by atoms with Gasteiger partial charge in [0.15, 0.2) is 5.11 Å². The monoisotopic (exact) mass is 327 g/mol. The summed E-state index contributed by atoms with van der Waals surface area (Å²) in [5.74, 6) is 4.10. The number of hydrogen-bond donors (Lipinski definition) is 2. The first-order chi connectivity index (χ1) is 11.0. The van der Waals surface area contributed by atoms with Crippen molar-refractivity contribution in [2.75, 3.05) is 25.0 Å². The number of aryl methyl sites for hydroxylation is 2. The molecule has 0 saturated carbocycles. The molecule has 3 saturated heterocycles. The Morgan fingerprint density at radius 2 is 2.09 bits per heavy atom. The smallest absolute Gasteiger partial charge is 0.170 e. The number of nitrogens with one attached hydrogen (secondary N) is 2. The normalized spacial score (nSPS) is 28.9. The maximum atomic E-state index is 5.64. The molecule has 0 aliphatic carbocycles. The van der Waals surface area contributed by atoms with Crippen molar-refractivity contribution in [3.8, 4) is 12.3 Å². The molecule has 2 bridgehead atoms. The van der Waals surface area contributed by atoms with Crippen LogP contribution >= 0.6 is 12.2 Å². The lowest BCUT2D eigenvalue weighted by Gasteiger charge is -2.48. The van der Waals surface area contributed by atoms with E-state index < -0.39 is 0 Å². The molecule has 3 fully saturated rings. The predicted octanol–water partition coefficient (Wildman–Crippen LogP) is 2.93. The van der Waals surface area contributed by atoms with Crippen LogP contribution in [-0.2, 0) is 0 Å².